The van der Waals surface area contributed by atoms with E-state index >= 15 is 0 Å². The largest absolute Gasteiger partial charge is 0.481 e. The molecule has 0 aromatic rings. The molecule has 0 aromatic carbocycles. The number of likely N-dealkylation sites (N-methyl/N-ethyl adjacent to an activating group) is 1. The predicted octanol–water partition coefficient (Wildman–Crippen LogP) is 1.06. The number of nitrogens with zero attached hydrogens (tertiary/aromatic N) is 1. The number of carbonyl (C=O) groups excluding carboxylic acids is 1. The van der Waals surface area contributed by atoms with Crippen molar-refractivity contribution in [1.29, 1.82) is 0 Å². The number of carboxylic acids is 1. The van der Waals surface area contributed by atoms with Crippen LogP contribution in [0, 0.1) is 5.92 Å². The van der Waals surface area contributed by atoms with Crippen LogP contribution in [-0.4, -0.2) is 53.8 Å². The van der Waals surface area contributed by atoms with Crippen LogP contribution >= 0.6 is 0 Å². The second kappa shape index (κ2) is 5.77. The molecule has 1 saturated heterocycles. The molecule has 6 heteroatoms. The minimum Gasteiger partial charge on any atom is -0.481 e. The Morgan fingerprint density at radius 2 is 2.05 bits per heavy atom. The quantitative estimate of drug-likeness (QED) is 0.803. The minimum absolute atomic E-state index is 0.0367. The van der Waals surface area contributed by atoms with Gasteiger partial charge in [-0.1, -0.05) is 6.42 Å². The van der Waals surface area contributed by atoms with Gasteiger partial charge in [0.25, 0.3) is 0 Å². The molecule has 2 N–H and O–H groups in total. The van der Waals surface area contributed by atoms with Crippen molar-refractivity contribution in [2.45, 2.75) is 50.8 Å². The first kappa shape index (κ1) is 14.1. The van der Waals surface area contributed by atoms with Gasteiger partial charge in [-0.3, -0.25) is 4.79 Å². The molecular weight excluding hydrogens is 248 g/mol. The fraction of sp³-hybridized carbons (Fsp3) is 0.846. The van der Waals surface area contributed by atoms with Crippen LogP contribution in [0.4, 0.5) is 4.79 Å². The summed E-state index contributed by atoms with van der Waals surface area (Å²) in [6.45, 7) is 2.63. The molecule has 6 nitrogen and oxygen atoms in total. The van der Waals surface area contributed by atoms with E-state index in [4.69, 9.17) is 9.84 Å². The fourth-order valence-corrected chi connectivity index (χ4v) is 3.07. The summed E-state index contributed by atoms with van der Waals surface area (Å²) in [4.78, 5) is 24.9. The average molecular weight is 270 g/mol. The lowest BCUT2D eigenvalue weighted by Gasteiger charge is -2.29. The predicted molar refractivity (Wildman–Crippen MR) is 68.9 cm³/mol. The molecule has 1 heterocycles. The highest BCUT2D eigenvalue weighted by atomic mass is 16.5. The highest BCUT2D eigenvalue weighted by molar-refractivity contribution is 5.77. The van der Waals surface area contributed by atoms with Crippen molar-refractivity contribution in [2.24, 2.45) is 5.92 Å². The third-order valence-electron chi connectivity index (χ3n) is 4.30. The monoisotopic (exact) mass is 270 g/mol. The Bertz CT molecular complexity index is 361. The summed E-state index contributed by atoms with van der Waals surface area (Å²) in [7, 11) is 1.75. The summed E-state index contributed by atoms with van der Waals surface area (Å²) < 4.78 is 5.45. The summed E-state index contributed by atoms with van der Waals surface area (Å²) in [6.07, 6.45) is 3.11. The van der Waals surface area contributed by atoms with Gasteiger partial charge in [0.2, 0.25) is 0 Å². The molecule has 0 aromatic heterocycles. The van der Waals surface area contributed by atoms with E-state index in [9.17, 15) is 9.59 Å². The van der Waals surface area contributed by atoms with Crippen molar-refractivity contribution in [1.82, 2.24) is 10.2 Å². The lowest BCUT2D eigenvalue weighted by Crippen LogP contribution is -2.50. The maximum atomic E-state index is 12.2. The van der Waals surface area contributed by atoms with Crippen LogP contribution in [0.1, 0.15) is 32.6 Å². The van der Waals surface area contributed by atoms with Gasteiger partial charge >= 0.3 is 12.0 Å². The van der Waals surface area contributed by atoms with E-state index in [0.29, 0.717) is 13.0 Å². The Morgan fingerprint density at radius 3 is 2.63 bits per heavy atom. The Morgan fingerprint density at radius 1 is 1.32 bits per heavy atom. The first-order chi connectivity index (χ1) is 9.00. The molecule has 1 aliphatic heterocycles. The molecule has 19 heavy (non-hydrogen) atoms. The zero-order chi connectivity index (χ0) is 14.0. The van der Waals surface area contributed by atoms with E-state index in [1.165, 1.54) is 0 Å². The van der Waals surface area contributed by atoms with Gasteiger partial charge in [-0.05, 0) is 26.2 Å². The number of nitrogens with one attached hydrogen (secondary N) is 1. The lowest BCUT2D eigenvalue weighted by molar-refractivity contribution is -0.142. The highest BCUT2D eigenvalue weighted by Gasteiger charge is 2.36. The number of ether oxygens (including phenoxy) is 1. The van der Waals surface area contributed by atoms with Gasteiger partial charge in [0.05, 0.1) is 18.1 Å². The van der Waals surface area contributed by atoms with Crippen LogP contribution in [0.5, 0.6) is 0 Å². The summed E-state index contributed by atoms with van der Waals surface area (Å²) in [5.41, 5.74) is 0. The topological polar surface area (TPSA) is 78.9 Å². The standard InChI is InChI=1S/C13H22N2O4/c1-8-11(6-7-19-8)15(2)13(18)14-10-5-3-4-9(10)12(16)17/h8-11H,3-7H2,1-2H3,(H,14,18)(H,16,17). The zero-order valence-electron chi connectivity index (χ0n) is 11.5. The van der Waals surface area contributed by atoms with Crippen molar-refractivity contribution in [3.63, 3.8) is 0 Å². The van der Waals surface area contributed by atoms with Crippen molar-refractivity contribution < 1.29 is 19.4 Å². The molecule has 2 amide bonds. The maximum Gasteiger partial charge on any atom is 0.317 e. The van der Waals surface area contributed by atoms with Crippen LogP contribution in [0.3, 0.4) is 0 Å². The molecule has 2 aliphatic rings. The van der Waals surface area contributed by atoms with E-state index in [1.54, 1.807) is 11.9 Å². The van der Waals surface area contributed by atoms with E-state index in [1.807, 2.05) is 6.92 Å². The molecule has 0 radical (unpaired) electrons. The normalized spacial score (nSPS) is 34.2. The van der Waals surface area contributed by atoms with Gasteiger partial charge in [-0.15, -0.1) is 0 Å². The molecule has 0 bridgehead atoms. The smallest absolute Gasteiger partial charge is 0.317 e. The molecule has 2 rings (SSSR count). The first-order valence-corrected chi connectivity index (χ1v) is 6.88. The number of carbonyl (C=O) groups is 2. The number of rotatable bonds is 3. The number of carboxylic acid groups (broad SMARTS) is 1. The van der Waals surface area contributed by atoms with E-state index < -0.39 is 11.9 Å². The van der Waals surface area contributed by atoms with Crippen molar-refractivity contribution >= 4 is 12.0 Å². The van der Waals surface area contributed by atoms with Crippen LogP contribution < -0.4 is 5.32 Å². The van der Waals surface area contributed by atoms with E-state index in [0.717, 1.165) is 19.3 Å². The summed E-state index contributed by atoms with van der Waals surface area (Å²) in [6, 6.07) is -0.366. The van der Waals surface area contributed by atoms with Gasteiger partial charge in [-0.25, -0.2) is 4.79 Å². The Kier molecular flexibility index (Phi) is 4.29. The molecule has 1 saturated carbocycles. The van der Waals surface area contributed by atoms with Crippen LogP contribution in [0.15, 0.2) is 0 Å². The fourth-order valence-electron chi connectivity index (χ4n) is 3.07. The van der Waals surface area contributed by atoms with Gasteiger partial charge in [0.1, 0.15) is 0 Å². The summed E-state index contributed by atoms with van der Waals surface area (Å²) >= 11 is 0. The lowest BCUT2D eigenvalue weighted by atomic mass is 10.0. The molecule has 108 valence electrons. The molecular formula is C13H22N2O4. The number of urea groups is 1. The average Bonchev–Trinajstić information content (AvgIpc) is 2.96. The number of hydrogen-bond donors (Lipinski definition) is 2. The van der Waals surface area contributed by atoms with E-state index in [2.05, 4.69) is 5.32 Å². The number of aliphatic carboxylic acids is 1. The van der Waals surface area contributed by atoms with Crippen molar-refractivity contribution in [3.05, 3.63) is 0 Å². The van der Waals surface area contributed by atoms with Gasteiger partial charge in [0, 0.05) is 19.7 Å². The van der Waals surface area contributed by atoms with Crippen molar-refractivity contribution in [2.75, 3.05) is 13.7 Å². The van der Waals surface area contributed by atoms with Gasteiger partial charge < -0.3 is 20.1 Å². The third-order valence-corrected chi connectivity index (χ3v) is 4.30. The second-order valence-corrected chi connectivity index (χ2v) is 5.47. The zero-order valence-corrected chi connectivity index (χ0v) is 11.5. The highest BCUT2D eigenvalue weighted by Crippen LogP contribution is 2.26. The van der Waals surface area contributed by atoms with Crippen molar-refractivity contribution in [3.8, 4) is 0 Å². The summed E-state index contributed by atoms with van der Waals surface area (Å²) in [5.74, 6) is -1.27. The van der Waals surface area contributed by atoms with Crippen LogP contribution in [0.25, 0.3) is 0 Å². The van der Waals surface area contributed by atoms with Gasteiger partial charge in [-0.2, -0.15) is 0 Å². The number of hydrogen-bond acceptors (Lipinski definition) is 3. The van der Waals surface area contributed by atoms with Crippen LogP contribution in [-0.2, 0) is 9.53 Å². The van der Waals surface area contributed by atoms with Gasteiger partial charge in [0.15, 0.2) is 0 Å². The second-order valence-electron chi connectivity index (χ2n) is 5.47. The molecule has 4 unspecified atom stereocenters. The molecule has 0 spiro atoms. The first-order valence-electron chi connectivity index (χ1n) is 6.88. The molecule has 1 aliphatic carbocycles. The molecule has 2 fully saturated rings. The minimum atomic E-state index is -0.817. The number of amides is 2. The SMILES string of the molecule is CC1OCCC1N(C)C(=O)NC1CCCC1C(=O)O. The third kappa shape index (κ3) is 3.00. The Hall–Kier alpha value is -1.30. The molecule has 4 atom stereocenters. The van der Waals surface area contributed by atoms with E-state index in [-0.39, 0.29) is 24.2 Å². The Balaban J connectivity index is 1.91. The summed E-state index contributed by atoms with van der Waals surface area (Å²) in [5, 5.41) is 12.0. The Labute approximate surface area is 113 Å². The van der Waals surface area contributed by atoms with Crippen LogP contribution in [0.2, 0.25) is 0 Å². The maximum absolute atomic E-state index is 12.2.